The second kappa shape index (κ2) is 10.7. The molecule has 4 heterocycles. The van der Waals surface area contributed by atoms with Gasteiger partial charge in [0.15, 0.2) is 0 Å². The molecule has 0 saturated carbocycles. The molecule has 0 aliphatic carbocycles. The van der Waals surface area contributed by atoms with Gasteiger partial charge in [-0.3, -0.25) is 14.4 Å². The monoisotopic (exact) mass is 518 g/mol. The predicted octanol–water partition coefficient (Wildman–Crippen LogP) is 2.55. The van der Waals surface area contributed by atoms with Crippen molar-refractivity contribution in [2.45, 2.75) is 76.5 Å². The van der Waals surface area contributed by atoms with Crippen molar-refractivity contribution in [3.05, 3.63) is 58.3 Å². The minimum absolute atomic E-state index is 0.0665. The van der Waals surface area contributed by atoms with Gasteiger partial charge in [0.1, 0.15) is 5.82 Å². The summed E-state index contributed by atoms with van der Waals surface area (Å²) in [5.74, 6) is 0.228. The summed E-state index contributed by atoms with van der Waals surface area (Å²) >= 11 is 0. The molecular weight excluding hydrogens is 480 g/mol. The predicted molar refractivity (Wildman–Crippen MR) is 146 cm³/mol. The van der Waals surface area contributed by atoms with Crippen LogP contribution in [0.2, 0.25) is 0 Å². The zero-order chi connectivity index (χ0) is 27.0. The Morgan fingerprint density at radius 2 is 1.58 bits per heavy atom. The smallest absolute Gasteiger partial charge is 0.253 e. The number of fused-ring (bicyclic) bond motifs is 2. The number of carbonyl (C=O) groups is 3. The fourth-order valence-electron chi connectivity index (χ4n) is 6.48. The molecule has 3 aliphatic heterocycles. The van der Waals surface area contributed by atoms with E-state index in [1.54, 1.807) is 25.3 Å². The van der Waals surface area contributed by atoms with Crippen molar-refractivity contribution in [3.8, 4) is 0 Å². The molecule has 3 saturated heterocycles. The molecule has 1 aromatic carbocycles. The summed E-state index contributed by atoms with van der Waals surface area (Å²) in [6.45, 7) is 5.58. The molecule has 202 valence electrons. The van der Waals surface area contributed by atoms with Crippen LogP contribution in [0.5, 0.6) is 0 Å². The molecule has 0 spiro atoms. The number of benzene rings is 1. The van der Waals surface area contributed by atoms with Gasteiger partial charge >= 0.3 is 0 Å². The largest absolute Gasteiger partial charge is 0.366 e. The maximum Gasteiger partial charge on any atom is 0.253 e. The molecule has 3 atom stereocenters. The van der Waals surface area contributed by atoms with Crippen LogP contribution in [0.4, 0.5) is 5.82 Å². The highest BCUT2D eigenvalue weighted by molar-refractivity contribution is 5.99. The summed E-state index contributed by atoms with van der Waals surface area (Å²) in [6, 6.07) is 8.13. The Hall–Kier alpha value is -3.46. The normalized spacial score (nSPS) is 25.2. The van der Waals surface area contributed by atoms with Crippen LogP contribution in [0.1, 0.15) is 80.7 Å². The second-order valence-corrected chi connectivity index (χ2v) is 11.3. The van der Waals surface area contributed by atoms with Crippen LogP contribution < -0.4 is 21.3 Å². The lowest BCUT2D eigenvalue weighted by Gasteiger charge is -2.40. The Labute approximate surface area is 224 Å². The van der Waals surface area contributed by atoms with Crippen molar-refractivity contribution in [1.29, 1.82) is 0 Å². The van der Waals surface area contributed by atoms with Crippen LogP contribution in [-0.4, -0.2) is 71.9 Å². The van der Waals surface area contributed by atoms with Crippen LogP contribution in [0.25, 0.3) is 0 Å². The molecule has 5 rings (SSSR count). The number of likely N-dealkylation sites (N-methyl/N-ethyl adjacent to an activating group) is 1. The van der Waals surface area contributed by atoms with E-state index in [0.717, 1.165) is 63.0 Å². The summed E-state index contributed by atoms with van der Waals surface area (Å²) in [5, 5.41) is 6.38. The Bertz CT molecular complexity index is 1220. The Kier molecular flexibility index (Phi) is 7.38. The number of nitrogens with two attached hydrogens (primary N) is 1. The molecule has 0 radical (unpaired) electrons. The van der Waals surface area contributed by atoms with E-state index < -0.39 is 5.91 Å². The quantitative estimate of drug-likeness (QED) is 0.541. The molecule has 9 nitrogen and oxygen atoms in total. The number of nitrogens with zero attached hydrogens (tertiary/aromatic N) is 3. The summed E-state index contributed by atoms with van der Waals surface area (Å²) in [7, 11) is 2.09. The van der Waals surface area contributed by atoms with Gasteiger partial charge in [-0.05, 0) is 101 Å². The number of pyridine rings is 1. The average Bonchev–Trinajstić information content (AvgIpc) is 3.15. The van der Waals surface area contributed by atoms with Crippen LogP contribution in [0.15, 0.2) is 30.5 Å². The van der Waals surface area contributed by atoms with Crippen molar-refractivity contribution in [1.82, 2.24) is 20.5 Å². The molecular formula is C29H38N6O3. The van der Waals surface area contributed by atoms with Crippen molar-refractivity contribution in [3.63, 3.8) is 0 Å². The zero-order valence-corrected chi connectivity index (χ0v) is 22.5. The van der Waals surface area contributed by atoms with Gasteiger partial charge in [0.05, 0.1) is 5.56 Å². The lowest BCUT2D eigenvalue weighted by Crippen LogP contribution is -2.51. The molecule has 9 heteroatoms. The molecule has 2 bridgehead atoms. The summed E-state index contributed by atoms with van der Waals surface area (Å²) in [6.07, 6.45) is 7.60. The molecule has 3 amide bonds. The van der Waals surface area contributed by atoms with Gasteiger partial charge in [-0.2, -0.15) is 0 Å². The first-order chi connectivity index (χ1) is 18.2. The minimum atomic E-state index is -0.485. The van der Waals surface area contributed by atoms with Gasteiger partial charge in [-0.1, -0.05) is 0 Å². The maximum atomic E-state index is 13.1. The second-order valence-electron chi connectivity index (χ2n) is 11.3. The van der Waals surface area contributed by atoms with E-state index in [1.165, 1.54) is 0 Å². The van der Waals surface area contributed by atoms with Crippen molar-refractivity contribution < 1.29 is 14.4 Å². The number of carbonyl (C=O) groups excluding carboxylic acids is 3. The standard InChI is InChI=1S/C29H38N6O3/c1-17-12-25(18(2)11-24(17)27(30)36)29(38)33-21-13-22-7-8-23(14-21)35(22)26-9-6-19(15-31-26)28(37)32-20-5-4-10-34(3)16-20/h6,9,11-12,15,20-23H,4-5,7-8,10,13-14,16H2,1-3H3,(H2,30,36)(H,32,37)(H,33,38)/t20-,21?,22?,23?/m1/s1. The average molecular weight is 519 g/mol. The van der Waals surface area contributed by atoms with Crippen molar-refractivity contribution in [2.24, 2.45) is 5.73 Å². The van der Waals surface area contributed by atoms with Gasteiger partial charge in [-0.15, -0.1) is 0 Å². The number of primary amides is 1. The van der Waals surface area contributed by atoms with Crippen molar-refractivity contribution in [2.75, 3.05) is 25.0 Å². The van der Waals surface area contributed by atoms with E-state index >= 15 is 0 Å². The molecule has 3 aliphatic rings. The summed E-state index contributed by atoms with van der Waals surface area (Å²) in [4.78, 5) is 46.8. The SMILES string of the molecule is Cc1cc(C(=O)NC2CC3CCC(C2)N3c2ccc(C(=O)N[C@@H]3CCCN(C)C3)cn2)c(C)cc1C(N)=O. The molecule has 2 unspecified atom stereocenters. The first-order valence-corrected chi connectivity index (χ1v) is 13.6. The van der Waals surface area contributed by atoms with Gasteiger partial charge in [0, 0.05) is 48.0 Å². The van der Waals surface area contributed by atoms with E-state index in [1.807, 2.05) is 19.1 Å². The lowest BCUT2D eigenvalue weighted by atomic mass is 9.95. The van der Waals surface area contributed by atoms with Crippen LogP contribution in [0.3, 0.4) is 0 Å². The van der Waals surface area contributed by atoms with E-state index in [2.05, 4.69) is 32.5 Å². The van der Waals surface area contributed by atoms with Crippen LogP contribution >= 0.6 is 0 Å². The number of anilines is 1. The fourth-order valence-corrected chi connectivity index (χ4v) is 6.48. The Morgan fingerprint density at radius 3 is 2.21 bits per heavy atom. The number of aryl methyl sites for hydroxylation is 2. The zero-order valence-electron chi connectivity index (χ0n) is 22.5. The summed E-state index contributed by atoms with van der Waals surface area (Å²) < 4.78 is 0. The van der Waals surface area contributed by atoms with Crippen molar-refractivity contribution >= 4 is 23.5 Å². The highest BCUT2D eigenvalue weighted by Gasteiger charge is 2.42. The number of amides is 3. The minimum Gasteiger partial charge on any atom is -0.366 e. The van der Waals surface area contributed by atoms with E-state index in [-0.39, 0.29) is 23.9 Å². The molecule has 38 heavy (non-hydrogen) atoms. The number of hydrogen-bond acceptors (Lipinski definition) is 6. The third-order valence-corrected chi connectivity index (χ3v) is 8.38. The van der Waals surface area contributed by atoms with Gasteiger partial charge < -0.3 is 26.2 Å². The van der Waals surface area contributed by atoms with E-state index in [9.17, 15) is 14.4 Å². The first-order valence-electron chi connectivity index (χ1n) is 13.6. The Morgan fingerprint density at radius 1 is 0.921 bits per heavy atom. The molecule has 2 aromatic rings. The van der Waals surface area contributed by atoms with Gasteiger partial charge in [0.25, 0.3) is 11.8 Å². The third kappa shape index (κ3) is 5.38. The number of aromatic nitrogens is 1. The highest BCUT2D eigenvalue weighted by Crippen LogP contribution is 2.38. The first kappa shape index (κ1) is 26.2. The van der Waals surface area contributed by atoms with Crippen LogP contribution in [-0.2, 0) is 0 Å². The van der Waals surface area contributed by atoms with Crippen LogP contribution in [0, 0.1) is 13.8 Å². The van der Waals surface area contributed by atoms with E-state index in [0.29, 0.717) is 34.3 Å². The molecule has 4 N–H and O–H groups in total. The topological polar surface area (TPSA) is 121 Å². The fraction of sp³-hybridized carbons (Fsp3) is 0.517. The number of piperidine rings is 2. The Balaban J connectivity index is 1.20. The van der Waals surface area contributed by atoms with E-state index in [4.69, 9.17) is 5.73 Å². The van der Waals surface area contributed by atoms with Gasteiger partial charge in [0.2, 0.25) is 5.91 Å². The number of rotatable bonds is 6. The highest BCUT2D eigenvalue weighted by atomic mass is 16.2. The number of nitrogens with one attached hydrogen (secondary N) is 2. The number of likely N-dealkylation sites (tertiary alicyclic amines) is 1. The summed E-state index contributed by atoms with van der Waals surface area (Å²) in [5.41, 5.74) is 8.52. The lowest BCUT2D eigenvalue weighted by molar-refractivity contribution is 0.0908. The maximum absolute atomic E-state index is 13.1. The number of hydrogen-bond donors (Lipinski definition) is 3. The molecule has 3 fully saturated rings. The molecule has 1 aromatic heterocycles. The third-order valence-electron chi connectivity index (χ3n) is 8.38. The van der Waals surface area contributed by atoms with Gasteiger partial charge in [-0.25, -0.2) is 4.98 Å².